The van der Waals surface area contributed by atoms with Crippen molar-refractivity contribution >= 4 is 11.8 Å². The Morgan fingerprint density at radius 2 is 2.17 bits per heavy atom. The highest BCUT2D eigenvalue weighted by Crippen LogP contribution is 2.37. The van der Waals surface area contributed by atoms with Gasteiger partial charge in [0.2, 0.25) is 11.8 Å². The third-order valence-corrected chi connectivity index (χ3v) is 3.07. The summed E-state index contributed by atoms with van der Waals surface area (Å²) in [6, 6.07) is 0. The maximum atomic E-state index is 11.2. The van der Waals surface area contributed by atoms with Crippen molar-refractivity contribution in [3.05, 3.63) is 0 Å². The average Bonchev–Trinajstić information content (AvgIpc) is 2.00. The lowest BCUT2D eigenvalue weighted by molar-refractivity contribution is -0.142. The van der Waals surface area contributed by atoms with E-state index < -0.39 is 0 Å². The van der Waals surface area contributed by atoms with Crippen molar-refractivity contribution in [2.45, 2.75) is 33.6 Å². The van der Waals surface area contributed by atoms with Crippen LogP contribution in [0.5, 0.6) is 0 Å². The van der Waals surface area contributed by atoms with Crippen molar-refractivity contribution in [1.82, 2.24) is 5.32 Å². The van der Waals surface area contributed by atoms with Crippen LogP contribution in [0, 0.1) is 11.3 Å². The monoisotopic (exact) mass is 169 g/mol. The number of nitrogens with one attached hydrogen (secondary N) is 1. The Bertz CT molecular complexity index is 225. The molecule has 2 unspecified atom stereocenters. The minimum Gasteiger partial charge on any atom is -0.296 e. The van der Waals surface area contributed by atoms with E-state index in [1.54, 1.807) is 0 Å². The first-order valence-corrected chi connectivity index (χ1v) is 4.33. The standard InChI is InChI=1S/C9H15NO2/c1-4-9(3)5-7(11)10-8(12)6(9)2/h6H,4-5H2,1-3H3,(H,10,11,12). The molecular formula is C9H15NO2. The third kappa shape index (κ3) is 1.36. The lowest BCUT2D eigenvalue weighted by Crippen LogP contribution is -2.49. The highest BCUT2D eigenvalue weighted by atomic mass is 16.2. The molecule has 1 N–H and O–H groups in total. The van der Waals surface area contributed by atoms with Crippen molar-refractivity contribution in [3.63, 3.8) is 0 Å². The molecule has 0 aromatic rings. The normalized spacial score (nSPS) is 36.4. The number of carbonyl (C=O) groups is 2. The molecule has 3 heteroatoms. The van der Waals surface area contributed by atoms with E-state index in [-0.39, 0.29) is 23.1 Å². The number of rotatable bonds is 1. The van der Waals surface area contributed by atoms with Crippen molar-refractivity contribution < 1.29 is 9.59 Å². The minimum absolute atomic E-state index is 0.0554. The Hall–Kier alpha value is -0.860. The molecule has 2 amide bonds. The highest BCUT2D eigenvalue weighted by Gasteiger charge is 2.40. The first-order chi connectivity index (χ1) is 5.49. The van der Waals surface area contributed by atoms with Crippen LogP contribution in [0.4, 0.5) is 0 Å². The zero-order valence-corrected chi connectivity index (χ0v) is 7.81. The second-order valence-corrected chi connectivity index (χ2v) is 3.82. The Kier molecular flexibility index (Phi) is 2.22. The van der Waals surface area contributed by atoms with Crippen LogP contribution in [0.25, 0.3) is 0 Å². The van der Waals surface area contributed by atoms with Gasteiger partial charge in [0.1, 0.15) is 0 Å². The molecule has 12 heavy (non-hydrogen) atoms. The van der Waals surface area contributed by atoms with Crippen LogP contribution >= 0.6 is 0 Å². The topological polar surface area (TPSA) is 46.2 Å². The van der Waals surface area contributed by atoms with Crippen molar-refractivity contribution in [1.29, 1.82) is 0 Å². The van der Waals surface area contributed by atoms with Crippen molar-refractivity contribution in [2.24, 2.45) is 11.3 Å². The van der Waals surface area contributed by atoms with Gasteiger partial charge in [-0.25, -0.2) is 0 Å². The van der Waals surface area contributed by atoms with E-state index >= 15 is 0 Å². The predicted octanol–water partition coefficient (Wildman–Crippen LogP) is 1.09. The van der Waals surface area contributed by atoms with Gasteiger partial charge in [0.25, 0.3) is 0 Å². The fourth-order valence-corrected chi connectivity index (χ4v) is 1.56. The second kappa shape index (κ2) is 2.88. The molecule has 0 aromatic carbocycles. The van der Waals surface area contributed by atoms with Gasteiger partial charge >= 0.3 is 0 Å². The summed E-state index contributed by atoms with van der Waals surface area (Å²) in [5.74, 6) is -0.321. The van der Waals surface area contributed by atoms with Crippen LogP contribution in [0.2, 0.25) is 0 Å². The lowest BCUT2D eigenvalue weighted by atomic mass is 9.71. The van der Waals surface area contributed by atoms with Crippen molar-refractivity contribution in [2.75, 3.05) is 0 Å². The SMILES string of the molecule is CCC1(C)CC(=O)NC(=O)C1C. The van der Waals surface area contributed by atoms with Gasteiger partial charge in [0.15, 0.2) is 0 Å². The van der Waals surface area contributed by atoms with E-state index in [1.807, 2.05) is 20.8 Å². The molecule has 0 saturated carbocycles. The van der Waals surface area contributed by atoms with E-state index in [2.05, 4.69) is 5.32 Å². The van der Waals surface area contributed by atoms with Gasteiger partial charge in [-0.3, -0.25) is 14.9 Å². The lowest BCUT2D eigenvalue weighted by Gasteiger charge is -2.36. The summed E-state index contributed by atoms with van der Waals surface area (Å²) in [6.45, 7) is 5.89. The van der Waals surface area contributed by atoms with Crippen LogP contribution in [0.1, 0.15) is 33.6 Å². The van der Waals surface area contributed by atoms with Crippen LogP contribution in [0.15, 0.2) is 0 Å². The summed E-state index contributed by atoms with van der Waals surface area (Å²) in [6.07, 6.45) is 1.34. The predicted molar refractivity (Wildman–Crippen MR) is 45.3 cm³/mol. The summed E-state index contributed by atoms with van der Waals surface area (Å²) < 4.78 is 0. The van der Waals surface area contributed by atoms with E-state index in [4.69, 9.17) is 0 Å². The third-order valence-electron chi connectivity index (χ3n) is 3.07. The molecule has 1 rings (SSSR count). The number of amides is 2. The molecule has 0 spiro atoms. The van der Waals surface area contributed by atoms with Crippen LogP contribution < -0.4 is 5.32 Å². The first kappa shape index (κ1) is 9.23. The molecule has 2 atom stereocenters. The van der Waals surface area contributed by atoms with Gasteiger partial charge in [-0.1, -0.05) is 20.8 Å². The molecule has 0 aliphatic carbocycles. The van der Waals surface area contributed by atoms with Crippen molar-refractivity contribution in [3.8, 4) is 0 Å². The first-order valence-electron chi connectivity index (χ1n) is 4.33. The smallest absolute Gasteiger partial charge is 0.229 e. The van der Waals surface area contributed by atoms with Gasteiger partial charge in [-0.05, 0) is 11.8 Å². The number of hydrogen-bond acceptors (Lipinski definition) is 2. The summed E-state index contributed by atoms with van der Waals surface area (Å²) in [5.41, 5.74) is -0.139. The molecule has 0 bridgehead atoms. The Morgan fingerprint density at radius 3 is 2.67 bits per heavy atom. The van der Waals surface area contributed by atoms with Gasteiger partial charge < -0.3 is 0 Å². The van der Waals surface area contributed by atoms with E-state index in [1.165, 1.54) is 0 Å². The summed E-state index contributed by atoms with van der Waals surface area (Å²) in [4.78, 5) is 22.3. The minimum atomic E-state index is -0.139. The maximum absolute atomic E-state index is 11.2. The Morgan fingerprint density at radius 1 is 1.58 bits per heavy atom. The quantitative estimate of drug-likeness (QED) is 0.597. The molecular weight excluding hydrogens is 154 g/mol. The van der Waals surface area contributed by atoms with Gasteiger partial charge in [0.05, 0.1) is 0 Å². The maximum Gasteiger partial charge on any atom is 0.229 e. The molecule has 68 valence electrons. The molecule has 1 aliphatic heterocycles. The largest absolute Gasteiger partial charge is 0.296 e. The van der Waals surface area contributed by atoms with E-state index in [0.29, 0.717) is 6.42 Å². The average molecular weight is 169 g/mol. The van der Waals surface area contributed by atoms with Crippen LogP contribution in [-0.4, -0.2) is 11.8 Å². The number of carbonyl (C=O) groups excluding carboxylic acids is 2. The van der Waals surface area contributed by atoms with Gasteiger partial charge in [-0.15, -0.1) is 0 Å². The Balaban J connectivity index is 2.86. The molecule has 0 aromatic heterocycles. The highest BCUT2D eigenvalue weighted by molar-refractivity contribution is 5.99. The molecule has 1 aliphatic rings. The fraction of sp³-hybridized carbons (Fsp3) is 0.778. The summed E-state index contributed by atoms with van der Waals surface area (Å²) in [7, 11) is 0. The molecule has 3 nitrogen and oxygen atoms in total. The zero-order chi connectivity index (χ0) is 9.35. The second-order valence-electron chi connectivity index (χ2n) is 3.82. The van der Waals surface area contributed by atoms with Crippen LogP contribution in [-0.2, 0) is 9.59 Å². The van der Waals surface area contributed by atoms with E-state index in [0.717, 1.165) is 6.42 Å². The Labute approximate surface area is 72.5 Å². The fourth-order valence-electron chi connectivity index (χ4n) is 1.56. The molecule has 1 heterocycles. The number of piperidine rings is 1. The molecule has 1 saturated heterocycles. The van der Waals surface area contributed by atoms with Gasteiger partial charge in [-0.2, -0.15) is 0 Å². The zero-order valence-electron chi connectivity index (χ0n) is 7.81. The molecule has 1 fully saturated rings. The summed E-state index contributed by atoms with van der Waals surface area (Å²) >= 11 is 0. The van der Waals surface area contributed by atoms with E-state index in [9.17, 15) is 9.59 Å². The number of hydrogen-bond donors (Lipinski definition) is 1. The number of imide groups is 1. The van der Waals surface area contributed by atoms with Gasteiger partial charge in [0, 0.05) is 12.3 Å². The van der Waals surface area contributed by atoms with Crippen LogP contribution in [0.3, 0.4) is 0 Å². The molecule has 0 radical (unpaired) electrons. The summed E-state index contributed by atoms with van der Waals surface area (Å²) in [5, 5.41) is 2.34.